The van der Waals surface area contributed by atoms with Crippen LogP contribution in [0.2, 0.25) is 19.6 Å². The highest BCUT2D eigenvalue weighted by Crippen LogP contribution is 2.31. The number of halogens is 6. The Morgan fingerprint density at radius 3 is 1.75 bits per heavy atom. The van der Waals surface area contributed by atoms with E-state index in [9.17, 15) is 31.1 Å². The zero-order chi connectivity index (χ0) is 24.7. The van der Waals surface area contributed by atoms with Crippen molar-refractivity contribution in [1.82, 2.24) is 0 Å². The lowest BCUT2D eigenvalue weighted by Crippen LogP contribution is -2.31. The molecule has 0 aliphatic heterocycles. The Balaban J connectivity index is 0.000000389. The van der Waals surface area contributed by atoms with Crippen molar-refractivity contribution in [3.63, 3.8) is 0 Å². The first kappa shape index (κ1) is 27.7. The van der Waals surface area contributed by atoms with Crippen LogP contribution in [0.15, 0.2) is 38.1 Å². The third kappa shape index (κ3) is 9.85. The van der Waals surface area contributed by atoms with E-state index < -0.39 is 32.2 Å². The highest BCUT2D eigenvalue weighted by Gasteiger charge is 2.35. The Labute approximate surface area is 182 Å². The molecule has 0 aliphatic rings. The minimum atomic E-state index is -4.51. The van der Waals surface area contributed by atoms with Gasteiger partial charge in [0.05, 0.1) is 18.9 Å². The van der Waals surface area contributed by atoms with E-state index in [1.807, 2.05) is 13.8 Å². The van der Waals surface area contributed by atoms with Crippen LogP contribution in [0.5, 0.6) is 0 Å². The summed E-state index contributed by atoms with van der Waals surface area (Å²) in [7, 11) is -1.64. The first-order valence-corrected chi connectivity index (χ1v) is 12.9. The average Bonchev–Trinajstić information content (AvgIpc) is 3.29. The second kappa shape index (κ2) is 11.0. The quantitative estimate of drug-likeness (QED) is 0.189. The second-order valence-corrected chi connectivity index (χ2v) is 12.5. The van der Waals surface area contributed by atoms with Gasteiger partial charge in [-0.05, 0) is 49.8 Å². The van der Waals surface area contributed by atoms with Crippen molar-refractivity contribution >= 4 is 20.8 Å². The molecule has 32 heavy (non-hydrogen) atoms. The fraction of sp³-hybridized carbons (Fsp3) is 0.500. The molecule has 0 saturated heterocycles. The van der Waals surface area contributed by atoms with Crippen LogP contribution in [0.4, 0.5) is 26.3 Å². The van der Waals surface area contributed by atoms with Gasteiger partial charge in [-0.3, -0.25) is 9.79 Å². The lowest BCUT2D eigenvalue weighted by molar-refractivity contribution is -0.153. The van der Waals surface area contributed by atoms with Crippen LogP contribution in [-0.4, -0.2) is 33.5 Å². The summed E-state index contributed by atoms with van der Waals surface area (Å²) in [5, 5.41) is 0. The number of aldehydes is 1. The third-order valence-electron chi connectivity index (χ3n) is 3.78. The molecule has 2 rings (SSSR count). The summed E-state index contributed by atoms with van der Waals surface area (Å²) >= 11 is 0. The number of furan rings is 2. The van der Waals surface area contributed by atoms with Gasteiger partial charge in [0.15, 0.2) is 20.4 Å². The molecule has 12 heteroatoms. The normalized spacial score (nSPS) is 13.9. The van der Waals surface area contributed by atoms with E-state index in [1.54, 1.807) is 0 Å². The highest BCUT2D eigenvalue weighted by atomic mass is 28.4. The van der Waals surface area contributed by atoms with Crippen LogP contribution >= 0.6 is 0 Å². The van der Waals surface area contributed by atoms with E-state index >= 15 is 0 Å². The number of carbonyl (C=O) groups is 1. The minimum absolute atomic E-state index is 0.0981. The van der Waals surface area contributed by atoms with Crippen LogP contribution < -0.4 is 0 Å². The molecule has 180 valence electrons. The number of alkyl halides is 6. The van der Waals surface area contributed by atoms with Crippen LogP contribution in [0, 0.1) is 5.92 Å². The molecule has 2 heterocycles. The summed E-state index contributed by atoms with van der Waals surface area (Å²) in [5.74, 6) is -2.16. The van der Waals surface area contributed by atoms with E-state index in [0.29, 0.717) is 12.7 Å². The molecule has 2 aromatic heterocycles. The van der Waals surface area contributed by atoms with Gasteiger partial charge in [-0.15, -0.1) is 0 Å². The van der Waals surface area contributed by atoms with Crippen molar-refractivity contribution in [2.45, 2.75) is 51.9 Å². The Morgan fingerprint density at radius 1 is 0.938 bits per heavy atom. The van der Waals surface area contributed by atoms with Gasteiger partial charge in [0.2, 0.25) is 11.5 Å². The lowest BCUT2D eigenvalue weighted by atomic mass is 10.1. The summed E-state index contributed by atoms with van der Waals surface area (Å²) in [6.45, 7) is 10.7. The summed E-state index contributed by atoms with van der Waals surface area (Å²) in [6.07, 6.45) is -7.42. The van der Waals surface area contributed by atoms with Crippen molar-refractivity contribution in [3.8, 4) is 0 Å². The molecule has 0 amide bonds. The Bertz CT molecular complexity index is 878. The van der Waals surface area contributed by atoms with Gasteiger partial charge in [-0.2, -0.15) is 26.3 Å². The molecule has 5 nitrogen and oxygen atoms in total. The third-order valence-corrected chi connectivity index (χ3v) is 4.81. The van der Waals surface area contributed by atoms with Gasteiger partial charge in [0.25, 0.3) is 0 Å². The molecule has 2 aromatic rings. The predicted octanol–water partition coefficient (Wildman–Crippen LogP) is 6.70. The number of rotatable bonds is 7. The van der Waals surface area contributed by atoms with Gasteiger partial charge in [-0.25, -0.2) is 0 Å². The van der Waals surface area contributed by atoms with Gasteiger partial charge in [0, 0.05) is 0 Å². The maximum atomic E-state index is 12.4. The van der Waals surface area contributed by atoms with Gasteiger partial charge < -0.3 is 13.3 Å². The molecule has 0 spiro atoms. The van der Waals surface area contributed by atoms with Crippen molar-refractivity contribution < 1.29 is 44.4 Å². The van der Waals surface area contributed by atoms with Gasteiger partial charge >= 0.3 is 12.4 Å². The largest absolute Gasteiger partial charge is 0.451 e. The maximum Gasteiger partial charge on any atom is 0.449 e. The van der Waals surface area contributed by atoms with Crippen LogP contribution in [0.3, 0.4) is 0 Å². The maximum absolute atomic E-state index is 12.4. The van der Waals surface area contributed by atoms with Crippen molar-refractivity contribution in [3.05, 3.63) is 47.3 Å². The van der Waals surface area contributed by atoms with Crippen molar-refractivity contribution in [1.29, 1.82) is 0 Å². The molecule has 0 unspecified atom stereocenters. The predicted molar refractivity (Wildman–Crippen MR) is 108 cm³/mol. The molecule has 0 N–H and O–H groups in total. The van der Waals surface area contributed by atoms with E-state index in [4.69, 9.17) is 8.84 Å². The molecular formula is C20H25F6NO4Si. The topological polar surface area (TPSA) is 64.9 Å². The average molecular weight is 485 g/mol. The van der Waals surface area contributed by atoms with Gasteiger partial charge in [0.1, 0.15) is 5.76 Å². The number of aliphatic imine (C=N–C) groups is 1. The Morgan fingerprint density at radius 2 is 1.41 bits per heavy atom. The standard InChI is InChI=1S/C14H22F3NO2Si.C6H3F3O2/c1-10(2)12(9-19-21(3,4)5)18-8-11-6-7-13(20-11)14(15,16)17;7-6(8,9)5-2-1-4(3-10)11-5/h6-8,10,12H,9H2,1-5H3;1-3H/t12-;/m0./s1. The first-order chi connectivity index (χ1) is 14.5. The summed E-state index contributed by atoms with van der Waals surface area (Å²) in [4.78, 5) is 14.2. The zero-order valence-corrected chi connectivity index (χ0v) is 19.2. The fourth-order valence-corrected chi connectivity index (χ4v) is 2.73. The summed E-state index contributed by atoms with van der Waals surface area (Å²) < 4.78 is 87.1. The summed E-state index contributed by atoms with van der Waals surface area (Å²) in [6, 6.07) is 3.75. The van der Waals surface area contributed by atoms with Crippen LogP contribution in [0.25, 0.3) is 0 Å². The molecular weight excluding hydrogens is 460 g/mol. The van der Waals surface area contributed by atoms with E-state index in [2.05, 4.69) is 29.1 Å². The molecule has 0 aliphatic carbocycles. The van der Waals surface area contributed by atoms with E-state index in [1.165, 1.54) is 12.3 Å². The zero-order valence-electron chi connectivity index (χ0n) is 18.2. The van der Waals surface area contributed by atoms with Gasteiger partial charge in [-0.1, -0.05) is 13.8 Å². The number of nitrogens with zero attached hydrogens (tertiary/aromatic N) is 1. The molecule has 0 radical (unpaired) electrons. The molecule has 0 bridgehead atoms. The Kier molecular flexibility index (Phi) is 9.51. The highest BCUT2D eigenvalue weighted by molar-refractivity contribution is 6.69. The molecule has 0 fully saturated rings. The van der Waals surface area contributed by atoms with Crippen molar-refractivity contribution in [2.75, 3.05) is 6.61 Å². The van der Waals surface area contributed by atoms with Crippen LogP contribution in [-0.2, 0) is 16.8 Å². The second-order valence-electron chi connectivity index (χ2n) is 8.03. The van der Waals surface area contributed by atoms with Crippen molar-refractivity contribution in [2.24, 2.45) is 10.9 Å². The number of hydrogen-bond acceptors (Lipinski definition) is 5. The molecule has 0 saturated carbocycles. The minimum Gasteiger partial charge on any atom is -0.451 e. The lowest BCUT2D eigenvalue weighted by Gasteiger charge is -2.23. The van der Waals surface area contributed by atoms with E-state index in [0.717, 1.165) is 12.1 Å². The molecule has 1 atom stereocenters. The SMILES string of the molecule is CC(C)[C@H](CO[Si](C)(C)C)N=Cc1ccc(C(F)(F)F)o1.O=Cc1ccc(C(F)(F)F)o1. The number of carbonyl (C=O) groups excluding carboxylic acids is 1. The fourth-order valence-electron chi connectivity index (χ4n) is 2.06. The molecule has 0 aromatic carbocycles. The number of hydrogen-bond donors (Lipinski definition) is 0. The monoisotopic (exact) mass is 485 g/mol. The first-order valence-electron chi connectivity index (χ1n) is 9.49. The van der Waals surface area contributed by atoms with Crippen LogP contribution in [0.1, 0.15) is 41.7 Å². The smallest absolute Gasteiger partial charge is 0.449 e. The summed E-state index contributed by atoms with van der Waals surface area (Å²) in [5.41, 5.74) is 0. The van der Waals surface area contributed by atoms with E-state index in [-0.39, 0.29) is 29.8 Å². The Hall–Kier alpha value is -2.34.